The van der Waals surface area contributed by atoms with Gasteiger partial charge in [0.05, 0.1) is 23.8 Å². The largest absolute Gasteiger partial charge is 0.463 e. The van der Waals surface area contributed by atoms with Crippen LogP contribution in [0.1, 0.15) is 64.6 Å². The number of dihydropyridines is 1. The first-order chi connectivity index (χ1) is 12.7. The number of carbonyl (C=O) groups excluding carboxylic acids is 2. The van der Waals surface area contributed by atoms with Gasteiger partial charge in [0.15, 0.2) is 5.78 Å². The summed E-state index contributed by atoms with van der Waals surface area (Å²) in [6.07, 6.45) is 3.20. The molecule has 0 amide bonds. The number of nitrogens with zero attached hydrogens (tertiary/aromatic N) is 2. The van der Waals surface area contributed by atoms with Crippen molar-refractivity contribution in [3.63, 3.8) is 0 Å². The Hall–Kier alpha value is -2.37. The van der Waals surface area contributed by atoms with Gasteiger partial charge in [0.25, 0.3) is 0 Å². The van der Waals surface area contributed by atoms with Gasteiger partial charge in [-0.25, -0.2) is 4.79 Å². The summed E-state index contributed by atoms with van der Waals surface area (Å²) in [5.74, 6) is -0.707. The van der Waals surface area contributed by atoms with Crippen molar-refractivity contribution in [1.82, 2.24) is 15.1 Å². The van der Waals surface area contributed by atoms with E-state index in [0.29, 0.717) is 24.2 Å². The highest BCUT2D eigenvalue weighted by Gasteiger charge is 2.44. The average molecular weight is 371 g/mol. The maximum atomic E-state index is 13.1. The molecule has 6 heteroatoms. The standard InChI is InChI=1S/C21H29N3O3/c1-7-24-11-14(12(3)23-24)18-17(20(26)27-8-2)13(4)22-15-9-21(5,6)10-16(25)19(15)18/h11,18,22H,7-10H2,1-6H3/t18-/m1/s1. The molecule has 1 atom stereocenters. The van der Waals surface area contributed by atoms with Crippen LogP contribution in [0.3, 0.4) is 0 Å². The minimum absolute atomic E-state index is 0.0942. The van der Waals surface area contributed by atoms with Crippen LogP contribution in [0.15, 0.2) is 28.7 Å². The van der Waals surface area contributed by atoms with E-state index in [-0.39, 0.29) is 17.2 Å². The van der Waals surface area contributed by atoms with E-state index >= 15 is 0 Å². The van der Waals surface area contributed by atoms with Crippen molar-refractivity contribution in [1.29, 1.82) is 0 Å². The molecule has 2 heterocycles. The molecule has 0 saturated heterocycles. The van der Waals surface area contributed by atoms with Crippen LogP contribution in [-0.4, -0.2) is 28.1 Å². The molecule has 6 nitrogen and oxygen atoms in total. The first kappa shape index (κ1) is 19.4. The Morgan fingerprint density at radius 1 is 1.33 bits per heavy atom. The predicted molar refractivity (Wildman–Crippen MR) is 103 cm³/mol. The Morgan fingerprint density at radius 2 is 2.04 bits per heavy atom. The van der Waals surface area contributed by atoms with Gasteiger partial charge in [0, 0.05) is 41.7 Å². The quantitative estimate of drug-likeness (QED) is 0.822. The number of Topliss-reactive ketones (excluding diaryl/α,β-unsaturated/α-hetero) is 1. The SMILES string of the molecule is CCOC(=O)C1=C(C)NC2=C(C(=O)CC(C)(C)C2)[C@@H]1c1cn(CC)nc1C. The number of hydrogen-bond donors (Lipinski definition) is 1. The van der Waals surface area contributed by atoms with E-state index in [9.17, 15) is 9.59 Å². The summed E-state index contributed by atoms with van der Waals surface area (Å²) in [6.45, 7) is 12.9. The number of hydrogen-bond acceptors (Lipinski definition) is 5. The number of aryl methyl sites for hydroxylation is 2. The van der Waals surface area contributed by atoms with Gasteiger partial charge >= 0.3 is 5.97 Å². The van der Waals surface area contributed by atoms with Crippen molar-refractivity contribution >= 4 is 11.8 Å². The number of rotatable bonds is 4. The van der Waals surface area contributed by atoms with Gasteiger partial charge in [-0.1, -0.05) is 13.8 Å². The van der Waals surface area contributed by atoms with Crippen LogP contribution in [0.5, 0.6) is 0 Å². The normalized spacial score (nSPS) is 21.9. The summed E-state index contributed by atoms with van der Waals surface area (Å²) in [5, 5.41) is 7.89. The van der Waals surface area contributed by atoms with Crippen molar-refractivity contribution in [3.8, 4) is 0 Å². The average Bonchev–Trinajstić information content (AvgIpc) is 2.93. The molecular weight excluding hydrogens is 342 g/mol. The lowest BCUT2D eigenvalue weighted by molar-refractivity contribution is -0.138. The third-order valence-corrected chi connectivity index (χ3v) is 5.35. The molecule has 0 fully saturated rings. The fourth-order valence-corrected chi connectivity index (χ4v) is 4.21. The molecule has 27 heavy (non-hydrogen) atoms. The maximum Gasteiger partial charge on any atom is 0.336 e. The Balaban J connectivity index is 2.20. The molecule has 0 aromatic carbocycles. The summed E-state index contributed by atoms with van der Waals surface area (Å²) in [5.41, 5.74) is 4.53. The summed E-state index contributed by atoms with van der Waals surface area (Å²) in [7, 11) is 0. The zero-order valence-corrected chi connectivity index (χ0v) is 17.1. The summed E-state index contributed by atoms with van der Waals surface area (Å²) in [6, 6.07) is 0. The van der Waals surface area contributed by atoms with E-state index in [1.54, 1.807) is 6.92 Å². The lowest BCUT2D eigenvalue weighted by Crippen LogP contribution is -2.38. The first-order valence-corrected chi connectivity index (χ1v) is 9.63. The van der Waals surface area contributed by atoms with Crippen molar-refractivity contribution in [2.45, 2.75) is 66.8 Å². The van der Waals surface area contributed by atoms with Crippen LogP contribution < -0.4 is 5.32 Å². The van der Waals surface area contributed by atoms with Crippen LogP contribution in [0, 0.1) is 12.3 Å². The highest BCUT2D eigenvalue weighted by atomic mass is 16.5. The van der Waals surface area contributed by atoms with Gasteiger partial charge in [0.1, 0.15) is 0 Å². The predicted octanol–water partition coefficient (Wildman–Crippen LogP) is 3.38. The van der Waals surface area contributed by atoms with Crippen molar-refractivity contribution in [2.75, 3.05) is 6.61 Å². The zero-order chi connectivity index (χ0) is 19.9. The van der Waals surface area contributed by atoms with Gasteiger partial charge in [-0.3, -0.25) is 9.48 Å². The molecule has 0 saturated carbocycles. The number of ketones is 1. The first-order valence-electron chi connectivity index (χ1n) is 9.63. The minimum Gasteiger partial charge on any atom is -0.463 e. The van der Waals surface area contributed by atoms with Gasteiger partial charge in [-0.2, -0.15) is 5.10 Å². The third kappa shape index (κ3) is 3.45. The van der Waals surface area contributed by atoms with Crippen LogP contribution in [-0.2, 0) is 20.9 Å². The highest BCUT2D eigenvalue weighted by molar-refractivity contribution is 6.04. The lowest BCUT2D eigenvalue weighted by Gasteiger charge is -2.39. The van der Waals surface area contributed by atoms with E-state index in [1.807, 2.05) is 31.6 Å². The number of esters is 1. The van der Waals surface area contributed by atoms with Crippen LogP contribution in [0.25, 0.3) is 0 Å². The molecule has 2 aliphatic rings. The van der Waals surface area contributed by atoms with Gasteiger partial charge in [-0.15, -0.1) is 0 Å². The zero-order valence-electron chi connectivity index (χ0n) is 17.1. The van der Waals surface area contributed by atoms with Crippen molar-refractivity contribution in [3.05, 3.63) is 40.0 Å². The Kier molecular flexibility index (Phi) is 5.02. The van der Waals surface area contributed by atoms with E-state index < -0.39 is 5.92 Å². The van der Waals surface area contributed by atoms with Crippen LogP contribution in [0.4, 0.5) is 0 Å². The van der Waals surface area contributed by atoms with Gasteiger partial charge in [-0.05, 0) is 39.5 Å². The highest BCUT2D eigenvalue weighted by Crippen LogP contribution is 2.47. The molecule has 3 rings (SSSR count). The third-order valence-electron chi connectivity index (χ3n) is 5.35. The molecule has 1 aromatic rings. The van der Waals surface area contributed by atoms with Crippen molar-refractivity contribution < 1.29 is 14.3 Å². The maximum absolute atomic E-state index is 13.1. The van der Waals surface area contributed by atoms with E-state index in [0.717, 1.165) is 35.6 Å². The number of aromatic nitrogens is 2. The molecule has 0 spiro atoms. The number of carbonyl (C=O) groups is 2. The number of ether oxygens (including phenoxy) is 1. The summed E-state index contributed by atoms with van der Waals surface area (Å²) < 4.78 is 7.18. The fraction of sp³-hybridized carbons (Fsp3) is 0.571. The Morgan fingerprint density at radius 3 is 2.63 bits per heavy atom. The fourth-order valence-electron chi connectivity index (χ4n) is 4.21. The molecule has 0 bridgehead atoms. The molecule has 1 aliphatic carbocycles. The second-order valence-electron chi connectivity index (χ2n) is 8.18. The molecule has 1 N–H and O–H groups in total. The number of allylic oxidation sites excluding steroid dienone is 3. The van der Waals surface area contributed by atoms with Crippen LogP contribution in [0.2, 0.25) is 0 Å². The molecule has 1 aliphatic heterocycles. The monoisotopic (exact) mass is 371 g/mol. The second kappa shape index (κ2) is 6.98. The molecule has 0 unspecified atom stereocenters. The lowest BCUT2D eigenvalue weighted by atomic mass is 9.68. The Labute approximate surface area is 160 Å². The molecule has 0 radical (unpaired) electrons. The molecule has 146 valence electrons. The summed E-state index contributed by atoms with van der Waals surface area (Å²) in [4.78, 5) is 26.0. The molecule has 1 aromatic heterocycles. The topological polar surface area (TPSA) is 73.2 Å². The molecular formula is C21H29N3O3. The van der Waals surface area contributed by atoms with Gasteiger partial charge < -0.3 is 10.1 Å². The van der Waals surface area contributed by atoms with Crippen molar-refractivity contribution in [2.24, 2.45) is 5.41 Å². The smallest absolute Gasteiger partial charge is 0.336 e. The van der Waals surface area contributed by atoms with E-state index in [1.165, 1.54) is 0 Å². The van der Waals surface area contributed by atoms with Gasteiger partial charge in [0.2, 0.25) is 0 Å². The Bertz CT molecular complexity index is 858. The van der Waals surface area contributed by atoms with E-state index in [2.05, 4.69) is 24.3 Å². The van der Waals surface area contributed by atoms with Crippen LogP contribution >= 0.6 is 0 Å². The minimum atomic E-state index is -0.427. The summed E-state index contributed by atoms with van der Waals surface area (Å²) >= 11 is 0. The number of nitrogens with one attached hydrogen (secondary N) is 1. The second-order valence-corrected chi connectivity index (χ2v) is 8.18. The van der Waals surface area contributed by atoms with E-state index in [4.69, 9.17) is 4.74 Å².